The molecule has 2 aliphatic rings. The third kappa shape index (κ3) is 2.36. The lowest BCUT2D eigenvalue weighted by atomic mass is 9.98. The summed E-state index contributed by atoms with van der Waals surface area (Å²) in [6.45, 7) is 5.32. The van der Waals surface area contributed by atoms with E-state index in [2.05, 4.69) is 26.0 Å². The topological polar surface area (TPSA) is 9.23 Å². The average molecular weight is 178 g/mol. The summed E-state index contributed by atoms with van der Waals surface area (Å²) in [5.74, 6) is 2.63. The van der Waals surface area contributed by atoms with Crippen LogP contribution in [0.1, 0.15) is 33.1 Å². The van der Waals surface area contributed by atoms with Gasteiger partial charge < -0.3 is 4.74 Å². The fourth-order valence-electron chi connectivity index (χ4n) is 1.58. The monoisotopic (exact) mass is 178 g/mol. The lowest BCUT2D eigenvalue weighted by Gasteiger charge is -2.17. The molecule has 0 aliphatic heterocycles. The Morgan fingerprint density at radius 2 is 2.23 bits per heavy atom. The van der Waals surface area contributed by atoms with Gasteiger partial charge in [0.2, 0.25) is 0 Å². The van der Waals surface area contributed by atoms with E-state index in [9.17, 15) is 0 Å². The summed E-state index contributed by atoms with van der Waals surface area (Å²) in [5.41, 5.74) is 1.32. The highest BCUT2D eigenvalue weighted by Gasteiger charge is 2.23. The molecule has 1 fully saturated rings. The van der Waals surface area contributed by atoms with Gasteiger partial charge in [-0.15, -0.1) is 0 Å². The van der Waals surface area contributed by atoms with Gasteiger partial charge in [0, 0.05) is 0 Å². The van der Waals surface area contributed by atoms with E-state index in [1.165, 1.54) is 24.8 Å². The number of ether oxygens (including phenoxy) is 1. The number of allylic oxidation sites excluding steroid dienone is 3. The van der Waals surface area contributed by atoms with Gasteiger partial charge in [0.1, 0.15) is 5.76 Å². The van der Waals surface area contributed by atoms with E-state index in [4.69, 9.17) is 4.74 Å². The number of hydrogen-bond acceptors (Lipinski definition) is 1. The first-order valence-electron chi connectivity index (χ1n) is 5.27. The van der Waals surface area contributed by atoms with Crippen LogP contribution in [-0.4, -0.2) is 6.61 Å². The summed E-state index contributed by atoms with van der Waals surface area (Å²) in [6.07, 6.45) is 8.45. The van der Waals surface area contributed by atoms with Crippen LogP contribution in [0.3, 0.4) is 0 Å². The van der Waals surface area contributed by atoms with Gasteiger partial charge in [0.25, 0.3) is 0 Å². The minimum absolute atomic E-state index is 0.651. The van der Waals surface area contributed by atoms with Gasteiger partial charge in [0.05, 0.1) is 6.61 Å². The van der Waals surface area contributed by atoms with Crippen LogP contribution in [0.4, 0.5) is 0 Å². The maximum atomic E-state index is 5.78. The Balaban J connectivity index is 1.90. The van der Waals surface area contributed by atoms with Crippen molar-refractivity contribution in [3.8, 4) is 0 Å². The molecule has 0 amide bonds. The molecule has 0 saturated heterocycles. The van der Waals surface area contributed by atoms with Crippen molar-refractivity contribution in [2.24, 2.45) is 11.8 Å². The standard InChI is InChI=1S/C12H18O/c1-9-3-4-10(2)12(7-9)13-8-11-5-6-11/h4,7,9,11H,3,5-6,8H2,1-2H3/t9-/m1/s1. The van der Waals surface area contributed by atoms with Gasteiger partial charge in [-0.2, -0.15) is 0 Å². The van der Waals surface area contributed by atoms with Gasteiger partial charge in [0.15, 0.2) is 0 Å². The van der Waals surface area contributed by atoms with Crippen LogP contribution in [-0.2, 0) is 4.74 Å². The largest absolute Gasteiger partial charge is 0.493 e. The van der Waals surface area contributed by atoms with Crippen LogP contribution < -0.4 is 0 Å². The molecule has 0 bridgehead atoms. The van der Waals surface area contributed by atoms with Crippen LogP contribution in [0.15, 0.2) is 23.5 Å². The van der Waals surface area contributed by atoms with Gasteiger partial charge >= 0.3 is 0 Å². The van der Waals surface area contributed by atoms with Gasteiger partial charge in [-0.05, 0) is 49.7 Å². The molecule has 0 aromatic heterocycles. The first-order chi connectivity index (χ1) is 6.25. The predicted molar refractivity (Wildman–Crippen MR) is 54.3 cm³/mol. The lowest BCUT2D eigenvalue weighted by molar-refractivity contribution is 0.202. The van der Waals surface area contributed by atoms with E-state index in [0.717, 1.165) is 18.3 Å². The second kappa shape index (κ2) is 3.57. The van der Waals surface area contributed by atoms with Crippen molar-refractivity contribution < 1.29 is 4.74 Å². The Kier molecular flexibility index (Phi) is 2.43. The van der Waals surface area contributed by atoms with Crippen LogP contribution in [0.25, 0.3) is 0 Å². The lowest BCUT2D eigenvalue weighted by Crippen LogP contribution is -2.04. The van der Waals surface area contributed by atoms with Crippen molar-refractivity contribution in [1.82, 2.24) is 0 Å². The Labute approximate surface area is 80.5 Å². The Morgan fingerprint density at radius 1 is 1.46 bits per heavy atom. The molecule has 0 heterocycles. The zero-order chi connectivity index (χ0) is 9.26. The van der Waals surface area contributed by atoms with Crippen molar-refractivity contribution in [2.45, 2.75) is 33.1 Å². The van der Waals surface area contributed by atoms with Crippen LogP contribution in [0, 0.1) is 11.8 Å². The van der Waals surface area contributed by atoms with Gasteiger partial charge in [-0.1, -0.05) is 13.0 Å². The van der Waals surface area contributed by atoms with Crippen molar-refractivity contribution in [3.05, 3.63) is 23.5 Å². The second-order valence-corrected chi connectivity index (χ2v) is 4.39. The molecule has 0 N–H and O–H groups in total. The highest BCUT2D eigenvalue weighted by atomic mass is 16.5. The molecular weight excluding hydrogens is 160 g/mol. The third-order valence-electron chi connectivity index (χ3n) is 2.79. The van der Waals surface area contributed by atoms with E-state index in [1.807, 2.05) is 0 Å². The van der Waals surface area contributed by atoms with E-state index in [1.54, 1.807) is 0 Å². The Bertz CT molecular complexity index is 246. The number of rotatable bonds is 3. The number of hydrogen-bond donors (Lipinski definition) is 0. The summed E-state index contributed by atoms with van der Waals surface area (Å²) in [5, 5.41) is 0. The summed E-state index contributed by atoms with van der Waals surface area (Å²) in [4.78, 5) is 0. The summed E-state index contributed by atoms with van der Waals surface area (Å²) >= 11 is 0. The smallest absolute Gasteiger partial charge is 0.118 e. The third-order valence-corrected chi connectivity index (χ3v) is 2.79. The molecule has 0 spiro atoms. The summed E-state index contributed by atoms with van der Waals surface area (Å²) in [7, 11) is 0. The minimum atomic E-state index is 0.651. The summed E-state index contributed by atoms with van der Waals surface area (Å²) in [6, 6.07) is 0. The average Bonchev–Trinajstić information content (AvgIpc) is 2.90. The molecule has 2 aliphatic carbocycles. The molecule has 0 radical (unpaired) electrons. The van der Waals surface area contributed by atoms with E-state index in [0.29, 0.717) is 5.92 Å². The van der Waals surface area contributed by atoms with E-state index in [-0.39, 0.29) is 0 Å². The maximum absolute atomic E-state index is 5.78. The van der Waals surface area contributed by atoms with Gasteiger partial charge in [-0.3, -0.25) is 0 Å². The van der Waals surface area contributed by atoms with Crippen molar-refractivity contribution in [1.29, 1.82) is 0 Å². The van der Waals surface area contributed by atoms with Crippen LogP contribution >= 0.6 is 0 Å². The van der Waals surface area contributed by atoms with E-state index >= 15 is 0 Å². The fourth-order valence-corrected chi connectivity index (χ4v) is 1.58. The molecule has 72 valence electrons. The van der Waals surface area contributed by atoms with Gasteiger partial charge in [-0.25, -0.2) is 0 Å². The molecule has 13 heavy (non-hydrogen) atoms. The van der Waals surface area contributed by atoms with Crippen LogP contribution in [0.5, 0.6) is 0 Å². The Morgan fingerprint density at radius 3 is 2.92 bits per heavy atom. The zero-order valence-electron chi connectivity index (χ0n) is 8.55. The molecule has 0 aromatic rings. The molecular formula is C12H18O. The Hall–Kier alpha value is -0.720. The first kappa shape index (κ1) is 8.86. The quantitative estimate of drug-likeness (QED) is 0.644. The highest BCUT2D eigenvalue weighted by Crippen LogP contribution is 2.31. The molecule has 1 saturated carbocycles. The molecule has 1 heteroatoms. The molecule has 1 atom stereocenters. The normalized spacial score (nSPS) is 28.0. The fraction of sp³-hybridized carbons (Fsp3) is 0.667. The molecule has 0 aromatic carbocycles. The van der Waals surface area contributed by atoms with E-state index < -0.39 is 0 Å². The van der Waals surface area contributed by atoms with Crippen molar-refractivity contribution in [3.63, 3.8) is 0 Å². The molecule has 1 nitrogen and oxygen atoms in total. The SMILES string of the molecule is CC1=CC[C@@H](C)C=C1OCC1CC1. The minimum Gasteiger partial charge on any atom is -0.493 e. The summed E-state index contributed by atoms with van der Waals surface area (Å²) < 4.78 is 5.78. The predicted octanol–water partition coefficient (Wildman–Crippen LogP) is 3.28. The van der Waals surface area contributed by atoms with Crippen LogP contribution in [0.2, 0.25) is 0 Å². The van der Waals surface area contributed by atoms with Crippen molar-refractivity contribution in [2.75, 3.05) is 6.61 Å². The molecule has 0 unspecified atom stereocenters. The maximum Gasteiger partial charge on any atom is 0.118 e. The van der Waals surface area contributed by atoms with Crippen molar-refractivity contribution >= 4 is 0 Å². The second-order valence-electron chi connectivity index (χ2n) is 4.39. The zero-order valence-corrected chi connectivity index (χ0v) is 8.55. The highest BCUT2D eigenvalue weighted by molar-refractivity contribution is 5.27. The molecule has 2 rings (SSSR count). The first-order valence-corrected chi connectivity index (χ1v) is 5.27.